The van der Waals surface area contributed by atoms with Crippen LogP contribution in [0.5, 0.6) is 5.75 Å². The quantitative estimate of drug-likeness (QED) is 0.562. The molecule has 0 aliphatic rings. The molecule has 6 heteroatoms. The van der Waals surface area contributed by atoms with Crippen molar-refractivity contribution in [2.24, 2.45) is 0 Å². The summed E-state index contributed by atoms with van der Waals surface area (Å²) in [5, 5.41) is 15.8. The summed E-state index contributed by atoms with van der Waals surface area (Å²) in [6.45, 7) is 0. The van der Waals surface area contributed by atoms with Crippen molar-refractivity contribution in [3.05, 3.63) is 23.4 Å². The van der Waals surface area contributed by atoms with Crippen molar-refractivity contribution in [3.8, 4) is 5.75 Å². The molecule has 1 heterocycles. The second-order valence-corrected chi connectivity index (χ2v) is 2.96. The van der Waals surface area contributed by atoms with Crippen LogP contribution in [0.2, 0.25) is 5.15 Å². The molecule has 0 atom stereocenters. The van der Waals surface area contributed by atoms with Crippen LogP contribution >= 0.6 is 11.6 Å². The zero-order chi connectivity index (χ0) is 10.1. The van der Waals surface area contributed by atoms with E-state index in [0.29, 0.717) is 16.1 Å². The molecule has 0 saturated heterocycles. The van der Waals surface area contributed by atoms with Crippen LogP contribution in [0.25, 0.3) is 10.9 Å². The molecule has 1 aromatic carbocycles. The van der Waals surface area contributed by atoms with Crippen LogP contribution in [-0.2, 0) is 0 Å². The maximum Gasteiger partial charge on any atom is 0.511 e. The number of aromatic amines is 1. The molecule has 0 aliphatic carbocycles. The fourth-order valence-electron chi connectivity index (χ4n) is 1.12. The number of ether oxygens (including phenoxy) is 1. The molecule has 0 unspecified atom stereocenters. The van der Waals surface area contributed by atoms with Crippen molar-refractivity contribution in [2.45, 2.75) is 0 Å². The van der Waals surface area contributed by atoms with E-state index in [2.05, 4.69) is 14.9 Å². The maximum absolute atomic E-state index is 10.2. The van der Waals surface area contributed by atoms with Gasteiger partial charge in [-0.3, -0.25) is 5.10 Å². The Morgan fingerprint density at radius 1 is 1.57 bits per heavy atom. The Labute approximate surface area is 83.2 Å². The molecule has 0 amide bonds. The first-order chi connectivity index (χ1) is 6.66. The number of nitrogens with one attached hydrogen (secondary N) is 1. The number of H-pyrrole nitrogens is 1. The zero-order valence-corrected chi connectivity index (χ0v) is 7.58. The third-order valence-electron chi connectivity index (χ3n) is 1.68. The minimum absolute atomic E-state index is 0.216. The number of carboxylic acid groups (broad SMARTS) is 1. The van der Waals surface area contributed by atoms with Crippen molar-refractivity contribution in [2.75, 3.05) is 0 Å². The molecule has 14 heavy (non-hydrogen) atoms. The lowest BCUT2D eigenvalue weighted by Gasteiger charge is -1.98. The van der Waals surface area contributed by atoms with Gasteiger partial charge >= 0.3 is 6.16 Å². The summed E-state index contributed by atoms with van der Waals surface area (Å²) in [6.07, 6.45) is -1.36. The highest BCUT2D eigenvalue weighted by molar-refractivity contribution is 6.34. The molecule has 0 radical (unpaired) electrons. The SMILES string of the molecule is O=C(O)Oc1ccc2n[nH]c(Cl)c2c1. The van der Waals surface area contributed by atoms with Crippen molar-refractivity contribution in [3.63, 3.8) is 0 Å². The van der Waals surface area contributed by atoms with Crippen LogP contribution in [0.4, 0.5) is 4.79 Å². The second kappa shape index (κ2) is 3.19. The van der Waals surface area contributed by atoms with Crippen LogP contribution in [0.15, 0.2) is 18.2 Å². The zero-order valence-electron chi connectivity index (χ0n) is 6.82. The molecule has 72 valence electrons. The first-order valence-corrected chi connectivity index (χ1v) is 4.09. The van der Waals surface area contributed by atoms with E-state index in [1.165, 1.54) is 12.1 Å². The summed E-state index contributed by atoms with van der Waals surface area (Å²) in [6, 6.07) is 4.64. The predicted octanol–water partition coefficient (Wildman–Crippen LogP) is 2.27. The van der Waals surface area contributed by atoms with Gasteiger partial charge in [-0.25, -0.2) is 4.79 Å². The number of halogens is 1. The van der Waals surface area contributed by atoms with Crippen molar-refractivity contribution >= 4 is 28.7 Å². The molecule has 0 saturated carbocycles. The standard InChI is InChI=1S/C8H5ClN2O3/c9-7-5-3-4(14-8(12)13)1-2-6(5)10-11-7/h1-3H,(H,10,11)(H,12,13). The first-order valence-electron chi connectivity index (χ1n) is 3.71. The Morgan fingerprint density at radius 2 is 2.36 bits per heavy atom. The van der Waals surface area contributed by atoms with E-state index in [1.54, 1.807) is 6.07 Å². The summed E-state index contributed by atoms with van der Waals surface area (Å²) in [5.74, 6) is 0.216. The fourth-order valence-corrected chi connectivity index (χ4v) is 1.32. The van der Waals surface area contributed by atoms with Crippen LogP contribution in [0.3, 0.4) is 0 Å². The lowest BCUT2D eigenvalue weighted by Crippen LogP contribution is -2.02. The number of aromatic nitrogens is 2. The van der Waals surface area contributed by atoms with Gasteiger partial charge in [-0.05, 0) is 18.2 Å². The van der Waals surface area contributed by atoms with Crippen LogP contribution in [0.1, 0.15) is 0 Å². The molecule has 2 N–H and O–H groups in total. The van der Waals surface area contributed by atoms with E-state index >= 15 is 0 Å². The van der Waals surface area contributed by atoms with Crippen molar-refractivity contribution in [1.29, 1.82) is 0 Å². The molecule has 0 fully saturated rings. The Hall–Kier alpha value is -1.75. The summed E-state index contributed by atoms with van der Waals surface area (Å²) in [7, 11) is 0. The van der Waals surface area contributed by atoms with E-state index in [4.69, 9.17) is 16.7 Å². The van der Waals surface area contributed by atoms with Gasteiger partial charge in [0.2, 0.25) is 0 Å². The molecular formula is C8H5ClN2O3. The van der Waals surface area contributed by atoms with E-state index in [9.17, 15) is 4.79 Å². The average Bonchev–Trinajstić information content (AvgIpc) is 2.47. The highest BCUT2D eigenvalue weighted by Crippen LogP contribution is 2.24. The van der Waals surface area contributed by atoms with Gasteiger partial charge in [0.15, 0.2) is 0 Å². The van der Waals surface area contributed by atoms with Crippen LogP contribution in [-0.4, -0.2) is 21.5 Å². The van der Waals surface area contributed by atoms with Gasteiger partial charge < -0.3 is 9.84 Å². The lowest BCUT2D eigenvalue weighted by atomic mass is 10.2. The summed E-state index contributed by atoms with van der Waals surface area (Å²) in [4.78, 5) is 10.2. The van der Waals surface area contributed by atoms with Gasteiger partial charge in [-0.1, -0.05) is 11.6 Å². The monoisotopic (exact) mass is 212 g/mol. The Kier molecular flexibility index (Phi) is 2.01. The topological polar surface area (TPSA) is 75.2 Å². The number of benzene rings is 1. The van der Waals surface area contributed by atoms with Crippen LogP contribution in [0, 0.1) is 0 Å². The number of carbonyl (C=O) groups is 1. The third kappa shape index (κ3) is 1.49. The van der Waals surface area contributed by atoms with E-state index in [-0.39, 0.29) is 5.75 Å². The van der Waals surface area contributed by atoms with Crippen LogP contribution < -0.4 is 4.74 Å². The minimum atomic E-state index is -1.36. The Morgan fingerprint density at radius 3 is 3.07 bits per heavy atom. The molecule has 2 aromatic rings. The third-order valence-corrected chi connectivity index (χ3v) is 1.97. The molecule has 1 aromatic heterocycles. The normalized spacial score (nSPS) is 10.4. The number of nitrogens with zero attached hydrogens (tertiary/aromatic N) is 1. The second-order valence-electron chi connectivity index (χ2n) is 2.58. The van der Waals surface area contributed by atoms with Gasteiger partial charge in [0, 0.05) is 5.39 Å². The number of hydrogen-bond donors (Lipinski definition) is 2. The number of hydrogen-bond acceptors (Lipinski definition) is 3. The molecule has 5 nitrogen and oxygen atoms in total. The number of fused-ring (bicyclic) bond motifs is 1. The molecule has 0 bridgehead atoms. The largest absolute Gasteiger partial charge is 0.511 e. The minimum Gasteiger partial charge on any atom is -0.449 e. The van der Waals surface area contributed by atoms with Gasteiger partial charge in [-0.2, -0.15) is 5.10 Å². The average molecular weight is 213 g/mol. The molecule has 0 aliphatic heterocycles. The summed E-state index contributed by atoms with van der Waals surface area (Å²) >= 11 is 5.76. The van der Waals surface area contributed by atoms with E-state index in [0.717, 1.165) is 0 Å². The molecule has 2 rings (SSSR count). The highest BCUT2D eigenvalue weighted by Gasteiger charge is 2.06. The smallest absolute Gasteiger partial charge is 0.449 e. The summed E-state index contributed by atoms with van der Waals surface area (Å²) < 4.78 is 4.46. The van der Waals surface area contributed by atoms with Crippen molar-refractivity contribution < 1.29 is 14.6 Å². The number of rotatable bonds is 1. The molecular weight excluding hydrogens is 208 g/mol. The first kappa shape index (κ1) is 8.83. The fraction of sp³-hybridized carbons (Fsp3) is 0. The predicted molar refractivity (Wildman–Crippen MR) is 49.8 cm³/mol. The van der Waals surface area contributed by atoms with Gasteiger partial charge in [0.25, 0.3) is 0 Å². The molecule has 0 spiro atoms. The lowest BCUT2D eigenvalue weighted by molar-refractivity contribution is 0.144. The Balaban J connectivity index is 2.49. The Bertz CT molecular complexity index is 494. The van der Waals surface area contributed by atoms with Gasteiger partial charge in [-0.15, -0.1) is 0 Å². The van der Waals surface area contributed by atoms with Gasteiger partial charge in [0.1, 0.15) is 10.9 Å². The van der Waals surface area contributed by atoms with Gasteiger partial charge in [0.05, 0.1) is 5.52 Å². The summed E-state index contributed by atoms with van der Waals surface area (Å²) in [5.41, 5.74) is 0.660. The highest BCUT2D eigenvalue weighted by atomic mass is 35.5. The van der Waals surface area contributed by atoms with Crippen molar-refractivity contribution in [1.82, 2.24) is 10.2 Å². The maximum atomic E-state index is 10.2. The van der Waals surface area contributed by atoms with E-state index < -0.39 is 6.16 Å². The van der Waals surface area contributed by atoms with E-state index in [1.807, 2.05) is 0 Å².